The molecular formula is C16H15N3. The highest BCUT2D eigenvalue weighted by Gasteiger charge is 2.04. The van der Waals surface area contributed by atoms with Crippen LogP contribution in [0.1, 0.15) is 11.4 Å². The molecule has 3 nitrogen and oxygen atoms in total. The molecule has 0 fully saturated rings. The molecule has 0 amide bonds. The van der Waals surface area contributed by atoms with Gasteiger partial charge >= 0.3 is 0 Å². The van der Waals surface area contributed by atoms with Gasteiger partial charge in [0.15, 0.2) is 0 Å². The Kier molecular flexibility index (Phi) is 3.11. The summed E-state index contributed by atoms with van der Waals surface area (Å²) in [7, 11) is 0. The quantitative estimate of drug-likeness (QED) is 0.771. The number of hydrogen-bond donors (Lipinski definition) is 1. The Labute approximate surface area is 112 Å². The Balaban J connectivity index is 1.86. The van der Waals surface area contributed by atoms with Crippen molar-refractivity contribution in [3.63, 3.8) is 0 Å². The van der Waals surface area contributed by atoms with E-state index in [2.05, 4.69) is 15.3 Å². The van der Waals surface area contributed by atoms with Gasteiger partial charge in [-0.25, -0.2) is 9.97 Å². The molecule has 3 rings (SSSR count). The van der Waals surface area contributed by atoms with Crippen LogP contribution >= 0.6 is 0 Å². The third kappa shape index (κ3) is 2.55. The van der Waals surface area contributed by atoms with Crippen LogP contribution in [0.15, 0.2) is 54.6 Å². The molecule has 2 aromatic carbocycles. The normalized spacial score (nSPS) is 10.6. The zero-order valence-corrected chi connectivity index (χ0v) is 10.8. The van der Waals surface area contributed by atoms with E-state index in [1.165, 1.54) is 0 Å². The lowest BCUT2D eigenvalue weighted by molar-refractivity contribution is 0.998. The summed E-state index contributed by atoms with van der Waals surface area (Å²) in [5.41, 5.74) is 4.95. The van der Waals surface area contributed by atoms with Crippen LogP contribution in [0, 0.1) is 6.92 Å². The second kappa shape index (κ2) is 5.06. The van der Waals surface area contributed by atoms with Gasteiger partial charge in [0, 0.05) is 5.69 Å². The molecule has 0 spiro atoms. The second-order valence-electron chi connectivity index (χ2n) is 4.46. The SMILES string of the molecule is Cc1nc2ccccc2nc1CNc1ccccc1. The first kappa shape index (κ1) is 11.7. The van der Waals surface area contributed by atoms with Gasteiger partial charge in [0.05, 0.1) is 29.0 Å². The van der Waals surface area contributed by atoms with E-state index in [0.717, 1.165) is 28.1 Å². The molecule has 0 unspecified atom stereocenters. The highest BCUT2D eigenvalue weighted by Crippen LogP contribution is 2.14. The van der Waals surface area contributed by atoms with Gasteiger partial charge in [-0.15, -0.1) is 0 Å². The first-order chi connectivity index (χ1) is 9.33. The number of benzene rings is 2. The van der Waals surface area contributed by atoms with Crippen LogP contribution in [0.25, 0.3) is 11.0 Å². The molecule has 0 aliphatic rings. The minimum atomic E-state index is 0.688. The summed E-state index contributed by atoms with van der Waals surface area (Å²) in [5, 5.41) is 3.36. The molecule has 3 heteroatoms. The lowest BCUT2D eigenvalue weighted by Crippen LogP contribution is -2.05. The Bertz CT molecular complexity index is 693. The van der Waals surface area contributed by atoms with E-state index in [1.54, 1.807) is 0 Å². The topological polar surface area (TPSA) is 37.8 Å². The van der Waals surface area contributed by atoms with Crippen molar-refractivity contribution in [1.82, 2.24) is 9.97 Å². The van der Waals surface area contributed by atoms with E-state index in [4.69, 9.17) is 0 Å². The molecule has 0 bridgehead atoms. The summed E-state index contributed by atoms with van der Waals surface area (Å²) in [4.78, 5) is 9.25. The van der Waals surface area contributed by atoms with Gasteiger partial charge in [0.2, 0.25) is 0 Å². The van der Waals surface area contributed by atoms with Crippen molar-refractivity contribution in [2.24, 2.45) is 0 Å². The van der Waals surface area contributed by atoms with Crippen LogP contribution in [0.3, 0.4) is 0 Å². The number of aryl methyl sites for hydroxylation is 1. The third-order valence-electron chi connectivity index (χ3n) is 3.08. The third-order valence-corrected chi connectivity index (χ3v) is 3.08. The standard InChI is InChI=1S/C16H15N3/c1-12-16(11-17-13-7-3-2-4-8-13)19-15-10-6-5-9-14(15)18-12/h2-10,17H,11H2,1H3. The zero-order chi connectivity index (χ0) is 13.1. The molecule has 0 aliphatic carbocycles. The average Bonchev–Trinajstić information content (AvgIpc) is 2.46. The Morgan fingerprint density at radius 3 is 2.21 bits per heavy atom. The largest absolute Gasteiger partial charge is 0.379 e. The van der Waals surface area contributed by atoms with Crippen molar-refractivity contribution >= 4 is 16.7 Å². The molecule has 94 valence electrons. The highest BCUT2D eigenvalue weighted by molar-refractivity contribution is 5.74. The minimum Gasteiger partial charge on any atom is -0.379 e. The van der Waals surface area contributed by atoms with Gasteiger partial charge < -0.3 is 5.32 Å². The fourth-order valence-electron chi connectivity index (χ4n) is 2.03. The maximum atomic E-state index is 4.66. The van der Waals surface area contributed by atoms with Crippen LogP contribution in [0.4, 0.5) is 5.69 Å². The Morgan fingerprint density at radius 1 is 0.842 bits per heavy atom. The van der Waals surface area contributed by atoms with Crippen LogP contribution in [-0.4, -0.2) is 9.97 Å². The number of nitrogens with zero attached hydrogens (tertiary/aromatic N) is 2. The predicted molar refractivity (Wildman–Crippen MR) is 78.0 cm³/mol. The molecule has 1 heterocycles. The smallest absolute Gasteiger partial charge is 0.0891 e. The average molecular weight is 249 g/mol. The van der Waals surface area contributed by atoms with Crippen molar-refractivity contribution in [2.45, 2.75) is 13.5 Å². The lowest BCUT2D eigenvalue weighted by Gasteiger charge is -2.09. The zero-order valence-electron chi connectivity index (χ0n) is 10.8. The van der Waals surface area contributed by atoms with Gasteiger partial charge in [-0.2, -0.15) is 0 Å². The maximum absolute atomic E-state index is 4.66. The number of anilines is 1. The second-order valence-corrected chi connectivity index (χ2v) is 4.46. The van der Waals surface area contributed by atoms with Crippen molar-refractivity contribution in [1.29, 1.82) is 0 Å². The van der Waals surface area contributed by atoms with Gasteiger partial charge in [-0.1, -0.05) is 30.3 Å². The maximum Gasteiger partial charge on any atom is 0.0891 e. The Hall–Kier alpha value is -2.42. The van der Waals surface area contributed by atoms with Gasteiger partial charge in [-0.3, -0.25) is 0 Å². The van der Waals surface area contributed by atoms with E-state index in [1.807, 2.05) is 61.5 Å². The van der Waals surface area contributed by atoms with Crippen LogP contribution in [-0.2, 0) is 6.54 Å². The van der Waals surface area contributed by atoms with Crippen LogP contribution < -0.4 is 5.32 Å². The van der Waals surface area contributed by atoms with Gasteiger partial charge in [0.25, 0.3) is 0 Å². The number of rotatable bonds is 3. The van der Waals surface area contributed by atoms with Gasteiger partial charge in [0.1, 0.15) is 0 Å². The number of fused-ring (bicyclic) bond motifs is 1. The summed E-state index contributed by atoms with van der Waals surface area (Å²) in [6, 6.07) is 18.1. The summed E-state index contributed by atoms with van der Waals surface area (Å²) < 4.78 is 0. The molecule has 0 saturated carbocycles. The fourth-order valence-corrected chi connectivity index (χ4v) is 2.03. The lowest BCUT2D eigenvalue weighted by atomic mass is 10.2. The van der Waals surface area contributed by atoms with E-state index in [9.17, 15) is 0 Å². The molecule has 1 aromatic heterocycles. The molecule has 19 heavy (non-hydrogen) atoms. The van der Waals surface area contributed by atoms with Crippen molar-refractivity contribution in [3.05, 3.63) is 66.0 Å². The predicted octanol–water partition coefficient (Wildman–Crippen LogP) is 3.55. The number of hydrogen-bond acceptors (Lipinski definition) is 3. The minimum absolute atomic E-state index is 0.688. The van der Waals surface area contributed by atoms with Crippen molar-refractivity contribution < 1.29 is 0 Å². The number of nitrogens with one attached hydrogen (secondary N) is 1. The summed E-state index contributed by atoms with van der Waals surface area (Å²) >= 11 is 0. The monoisotopic (exact) mass is 249 g/mol. The highest BCUT2D eigenvalue weighted by atomic mass is 14.9. The molecule has 0 radical (unpaired) electrons. The Morgan fingerprint density at radius 2 is 1.47 bits per heavy atom. The fraction of sp³-hybridized carbons (Fsp3) is 0.125. The van der Waals surface area contributed by atoms with Crippen molar-refractivity contribution in [2.75, 3.05) is 5.32 Å². The molecule has 0 saturated heterocycles. The molecular weight excluding hydrogens is 234 g/mol. The van der Waals surface area contributed by atoms with Crippen LogP contribution in [0.2, 0.25) is 0 Å². The molecule has 3 aromatic rings. The molecule has 0 atom stereocenters. The van der Waals surface area contributed by atoms with Crippen LogP contribution in [0.5, 0.6) is 0 Å². The van der Waals surface area contributed by atoms with Crippen molar-refractivity contribution in [3.8, 4) is 0 Å². The van der Waals surface area contributed by atoms with E-state index in [-0.39, 0.29) is 0 Å². The first-order valence-corrected chi connectivity index (χ1v) is 6.34. The number of aromatic nitrogens is 2. The molecule has 1 N–H and O–H groups in total. The van der Waals surface area contributed by atoms with E-state index >= 15 is 0 Å². The first-order valence-electron chi connectivity index (χ1n) is 6.34. The number of para-hydroxylation sites is 3. The summed E-state index contributed by atoms with van der Waals surface area (Å²) in [6.45, 7) is 2.69. The van der Waals surface area contributed by atoms with Gasteiger partial charge in [-0.05, 0) is 31.2 Å². The molecule has 0 aliphatic heterocycles. The van der Waals surface area contributed by atoms with E-state index in [0.29, 0.717) is 6.54 Å². The summed E-state index contributed by atoms with van der Waals surface area (Å²) in [6.07, 6.45) is 0. The summed E-state index contributed by atoms with van der Waals surface area (Å²) in [5.74, 6) is 0. The van der Waals surface area contributed by atoms with E-state index < -0.39 is 0 Å².